The third-order valence-corrected chi connectivity index (χ3v) is 7.50. The Kier molecular flexibility index (Phi) is 8.90. The van der Waals surface area contributed by atoms with Crippen molar-refractivity contribution in [3.05, 3.63) is 40.6 Å². The van der Waals surface area contributed by atoms with Crippen molar-refractivity contribution >= 4 is 11.0 Å². The standard InChI is InChI=1S/C28H32O16/c1-9-18(32)21(35)23(37)27(41-9)40-8-16-19(33)22(36)24(38)28(43-16)44-26-20(34)17-13(31)6-11(29)7-15(17)42-25(26)10-3-4-12(30)14(5-10)39-2/h3-7,9,16,18-19,21-24,27-33,35-38H,8H2,1-2H3/t9-,16?,18-,19+,21+,22-,23+,24+,27?,28?/m0/s1. The third kappa shape index (κ3) is 5.74. The van der Waals surface area contributed by atoms with Crippen molar-refractivity contribution < 1.29 is 74.1 Å². The first-order valence-electron chi connectivity index (χ1n) is 13.4. The number of aromatic hydroxyl groups is 3. The monoisotopic (exact) mass is 624 g/mol. The topological polar surface area (TPSA) is 258 Å². The Morgan fingerprint density at radius 3 is 2.18 bits per heavy atom. The van der Waals surface area contributed by atoms with Crippen molar-refractivity contribution in [3.8, 4) is 40.1 Å². The van der Waals surface area contributed by atoms with Gasteiger partial charge in [-0.1, -0.05) is 0 Å². The van der Waals surface area contributed by atoms with Crippen LogP contribution in [0.1, 0.15) is 6.92 Å². The van der Waals surface area contributed by atoms with Crippen molar-refractivity contribution in [3.63, 3.8) is 0 Å². The van der Waals surface area contributed by atoms with E-state index >= 15 is 0 Å². The fourth-order valence-corrected chi connectivity index (χ4v) is 4.99. The highest BCUT2D eigenvalue weighted by Gasteiger charge is 2.47. The van der Waals surface area contributed by atoms with Gasteiger partial charge in [0.15, 0.2) is 23.5 Å². The number of methoxy groups -OCH3 is 1. The van der Waals surface area contributed by atoms with Crippen LogP contribution in [0.3, 0.4) is 0 Å². The first-order chi connectivity index (χ1) is 20.8. The third-order valence-electron chi connectivity index (χ3n) is 7.50. The minimum Gasteiger partial charge on any atom is -0.508 e. The average Bonchev–Trinajstić information content (AvgIpc) is 2.98. The SMILES string of the molecule is COc1cc(-c2oc3cc(O)cc(O)c3c(=O)c2OC2OC(COC3O[C@@H](C)[C@H](O)[C@@H](O)[C@H]3O)[C@@H](O)[C@H](O)[C@H]2O)ccc1O. The van der Waals surface area contributed by atoms with E-state index in [1.54, 1.807) is 0 Å². The predicted molar refractivity (Wildman–Crippen MR) is 145 cm³/mol. The number of phenols is 3. The molecule has 0 radical (unpaired) electrons. The van der Waals surface area contributed by atoms with Crippen LogP contribution >= 0.6 is 0 Å². The number of aliphatic hydroxyl groups is 6. The largest absolute Gasteiger partial charge is 0.508 e. The second-order valence-electron chi connectivity index (χ2n) is 10.5. The zero-order valence-electron chi connectivity index (χ0n) is 23.3. The van der Waals surface area contributed by atoms with Crippen LogP contribution in [0, 0.1) is 0 Å². The smallest absolute Gasteiger partial charge is 0.239 e. The Bertz CT molecular complexity index is 1560. The molecule has 9 N–H and O–H groups in total. The maximum Gasteiger partial charge on any atom is 0.239 e. The van der Waals surface area contributed by atoms with E-state index < -0.39 is 96.1 Å². The molecule has 5 rings (SSSR count). The number of fused-ring (bicyclic) bond motifs is 1. The Hall–Kier alpha value is -3.71. The molecule has 0 spiro atoms. The van der Waals surface area contributed by atoms with E-state index in [4.69, 9.17) is 28.1 Å². The molecule has 2 aliphatic rings. The summed E-state index contributed by atoms with van der Waals surface area (Å²) in [6.07, 6.45) is -16.0. The van der Waals surface area contributed by atoms with Gasteiger partial charge >= 0.3 is 0 Å². The lowest BCUT2D eigenvalue weighted by Crippen LogP contribution is -2.61. The van der Waals surface area contributed by atoms with Gasteiger partial charge in [0.1, 0.15) is 65.2 Å². The lowest BCUT2D eigenvalue weighted by molar-refractivity contribution is -0.318. The van der Waals surface area contributed by atoms with Gasteiger partial charge in [0.05, 0.1) is 19.8 Å². The van der Waals surface area contributed by atoms with E-state index in [1.165, 1.54) is 32.2 Å². The van der Waals surface area contributed by atoms with Crippen molar-refractivity contribution in [1.82, 2.24) is 0 Å². The number of ether oxygens (including phenoxy) is 5. The Labute approximate surface area is 248 Å². The summed E-state index contributed by atoms with van der Waals surface area (Å²) >= 11 is 0. The number of benzene rings is 2. The van der Waals surface area contributed by atoms with Crippen molar-refractivity contribution in [1.29, 1.82) is 0 Å². The molecule has 0 aliphatic carbocycles. The molecule has 3 heterocycles. The summed E-state index contributed by atoms with van der Waals surface area (Å²) in [4.78, 5) is 13.7. The first-order valence-corrected chi connectivity index (χ1v) is 13.4. The zero-order chi connectivity index (χ0) is 32.0. The van der Waals surface area contributed by atoms with Crippen LogP contribution in [0.15, 0.2) is 39.5 Å². The molecule has 0 bridgehead atoms. The Morgan fingerprint density at radius 1 is 0.795 bits per heavy atom. The first kappa shape index (κ1) is 31.7. The fourth-order valence-electron chi connectivity index (χ4n) is 4.99. The summed E-state index contributed by atoms with van der Waals surface area (Å²) in [5, 5.41) is 92.1. The van der Waals surface area contributed by atoms with E-state index in [2.05, 4.69) is 0 Å². The second kappa shape index (κ2) is 12.4. The highest BCUT2D eigenvalue weighted by atomic mass is 16.7. The van der Waals surface area contributed by atoms with Gasteiger partial charge in [-0.2, -0.15) is 0 Å². The lowest BCUT2D eigenvalue weighted by atomic mass is 9.98. The summed E-state index contributed by atoms with van der Waals surface area (Å²) in [6, 6.07) is 5.83. The normalized spacial score (nSPS) is 32.5. The Morgan fingerprint density at radius 2 is 1.48 bits per heavy atom. The Balaban J connectivity index is 1.49. The van der Waals surface area contributed by atoms with Crippen LogP contribution in [-0.2, 0) is 14.2 Å². The molecule has 16 heteroatoms. The summed E-state index contributed by atoms with van der Waals surface area (Å²) in [6.45, 7) is 0.845. The molecule has 240 valence electrons. The molecule has 44 heavy (non-hydrogen) atoms. The van der Waals surface area contributed by atoms with Crippen LogP contribution in [0.5, 0.6) is 28.7 Å². The number of aliphatic hydroxyl groups excluding tert-OH is 6. The lowest BCUT2D eigenvalue weighted by Gasteiger charge is -2.42. The fraction of sp³-hybridized carbons (Fsp3) is 0.464. The van der Waals surface area contributed by atoms with E-state index in [0.717, 1.165) is 12.1 Å². The number of hydrogen-bond acceptors (Lipinski definition) is 16. The number of rotatable bonds is 7. The maximum atomic E-state index is 13.7. The minimum absolute atomic E-state index is 0.0151. The minimum atomic E-state index is -1.94. The van der Waals surface area contributed by atoms with Crippen molar-refractivity contribution in [2.75, 3.05) is 13.7 Å². The second-order valence-corrected chi connectivity index (χ2v) is 10.5. The highest BCUT2D eigenvalue weighted by molar-refractivity contribution is 5.88. The van der Waals surface area contributed by atoms with Crippen LogP contribution in [0.4, 0.5) is 0 Å². The molecule has 2 saturated heterocycles. The van der Waals surface area contributed by atoms with E-state index in [9.17, 15) is 50.8 Å². The summed E-state index contributed by atoms with van der Waals surface area (Å²) in [5.74, 6) is -2.28. The van der Waals surface area contributed by atoms with E-state index in [0.29, 0.717) is 0 Å². The molecule has 16 nitrogen and oxygen atoms in total. The molecule has 1 aromatic heterocycles. The van der Waals surface area contributed by atoms with Crippen LogP contribution in [-0.4, -0.2) is 121 Å². The van der Waals surface area contributed by atoms with E-state index in [-0.39, 0.29) is 28.4 Å². The molecular formula is C28H32O16. The number of hydrogen-bond donors (Lipinski definition) is 9. The quantitative estimate of drug-likeness (QED) is 0.147. The zero-order valence-corrected chi connectivity index (χ0v) is 23.3. The molecular weight excluding hydrogens is 592 g/mol. The van der Waals surface area contributed by atoms with Gasteiger partial charge in [0.25, 0.3) is 0 Å². The van der Waals surface area contributed by atoms with Gasteiger partial charge in [-0.3, -0.25) is 4.79 Å². The predicted octanol–water partition coefficient (Wildman–Crippen LogP) is -1.38. The molecule has 2 fully saturated rings. The van der Waals surface area contributed by atoms with Gasteiger partial charge in [-0.05, 0) is 25.1 Å². The van der Waals surface area contributed by atoms with Gasteiger partial charge in [0, 0.05) is 17.7 Å². The molecule has 2 aromatic carbocycles. The summed E-state index contributed by atoms with van der Waals surface area (Å²) < 4.78 is 33.2. The molecule has 0 saturated carbocycles. The number of phenolic OH excluding ortho intramolecular Hbond substituents is 3. The van der Waals surface area contributed by atoms with Gasteiger partial charge in [-0.15, -0.1) is 0 Å². The average molecular weight is 625 g/mol. The van der Waals surface area contributed by atoms with Crippen LogP contribution in [0.25, 0.3) is 22.3 Å². The van der Waals surface area contributed by atoms with Gasteiger partial charge in [0.2, 0.25) is 17.5 Å². The van der Waals surface area contributed by atoms with Crippen molar-refractivity contribution in [2.24, 2.45) is 0 Å². The highest BCUT2D eigenvalue weighted by Crippen LogP contribution is 2.39. The maximum absolute atomic E-state index is 13.7. The van der Waals surface area contributed by atoms with E-state index in [1.807, 2.05) is 0 Å². The summed E-state index contributed by atoms with van der Waals surface area (Å²) in [7, 11) is 1.28. The molecule has 2 aliphatic heterocycles. The van der Waals surface area contributed by atoms with Gasteiger partial charge in [-0.25, -0.2) is 0 Å². The summed E-state index contributed by atoms with van der Waals surface area (Å²) in [5.41, 5.74) is -1.11. The molecule has 3 aromatic rings. The van der Waals surface area contributed by atoms with Crippen molar-refractivity contribution in [2.45, 2.75) is 68.3 Å². The van der Waals surface area contributed by atoms with Gasteiger partial charge < -0.3 is 74.1 Å². The molecule has 10 atom stereocenters. The molecule has 3 unspecified atom stereocenters. The van der Waals surface area contributed by atoms with Crippen LogP contribution in [0.2, 0.25) is 0 Å². The molecule has 0 amide bonds. The van der Waals surface area contributed by atoms with Crippen LogP contribution < -0.4 is 14.9 Å².